The van der Waals surface area contributed by atoms with E-state index in [4.69, 9.17) is 11.5 Å². The first-order valence-electron chi connectivity index (χ1n) is 5.19. The van der Waals surface area contributed by atoms with E-state index in [1.807, 2.05) is 24.3 Å². The van der Waals surface area contributed by atoms with Crippen LogP contribution in [0.15, 0.2) is 36.7 Å². The fraction of sp³-hybridized carbons (Fsp3) is 0. The standard InChI is InChI=1S/C12H11N5/c13-8-3-1-7(2-4-8)12-16-10-6-15-5-9(14)11(10)17-12/h1-6H,13-14H2,(H,16,17). The van der Waals surface area contributed by atoms with Gasteiger partial charge in [-0.25, -0.2) is 4.98 Å². The number of nitrogen functional groups attached to an aromatic ring is 2. The summed E-state index contributed by atoms with van der Waals surface area (Å²) >= 11 is 0. The number of H-pyrrole nitrogens is 1. The molecule has 5 N–H and O–H groups in total. The minimum atomic E-state index is 0.570. The monoisotopic (exact) mass is 225 g/mol. The molecule has 0 aliphatic heterocycles. The normalized spacial score (nSPS) is 10.8. The molecule has 17 heavy (non-hydrogen) atoms. The Morgan fingerprint density at radius 2 is 1.76 bits per heavy atom. The largest absolute Gasteiger partial charge is 0.399 e. The number of imidazole rings is 1. The molecule has 0 bridgehead atoms. The Hall–Kier alpha value is -2.56. The maximum absolute atomic E-state index is 5.81. The number of anilines is 2. The number of nitrogens with two attached hydrogens (primary N) is 2. The quantitative estimate of drug-likeness (QED) is 0.550. The highest BCUT2D eigenvalue weighted by atomic mass is 14.9. The average Bonchev–Trinajstić information content (AvgIpc) is 2.75. The van der Waals surface area contributed by atoms with Crippen molar-refractivity contribution in [3.63, 3.8) is 0 Å². The van der Waals surface area contributed by atoms with Gasteiger partial charge in [0.1, 0.15) is 11.3 Å². The van der Waals surface area contributed by atoms with Gasteiger partial charge in [0.05, 0.1) is 23.6 Å². The summed E-state index contributed by atoms with van der Waals surface area (Å²) in [6.07, 6.45) is 3.30. The van der Waals surface area contributed by atoms with E-state index in [0.29, 0.717) is 5.69 Å². The molecular weight excluding hydrogens is 214 g/mol. The van der Waals surface area contributed by atoms with Gasteiger partial charge < -0.3 is 16.5 Å². The van der Waals surface area contributed by atoms with E-state index in [1.54, 1.807) is 12.4 Å². The van der Waals surface area contributed by atoms with Gasteiger partial charge in [-0.05, 0) is 24.3 Å². The molecule has 3 aromatic rings. The Balaban J connectivity index is 2.18. The van der Waals surface area contributed by atoms with Crippen molar-refractivity contribution in [2.45, 2.75) is 0 Å². The van der Waals surface area contributed by atoms with E-state index < -0.39 is 0 Å². The van der Waals surface area contributed by atoms with E-state index in [9.17, 15) is 0 Å². The van der Waals surface area contributed by atoms with Crippen LogP contribution in [0.5, 0.6) is 0 Å². The van der Waals surface area contributed by atoms with Crippen molar-refractivity contribution in [3.05, 3.63) is 36.7 Å². The molecule has 0 radical (unpaired) electrons. The van der Waals surface area contributed by atoms with Crippen LogP contribution in [0.4, 0.5) is 11.4 Å². The summed E-state index contributed by atoms with van der Waals surface area (Å²) in [4.78, 5) is 11.6. The Kier molecular flexibility index (Phi) is 1.98. The van der Waals surface area contributed by atoms with Gasteiger partial charge in [0, 0.05) is 11.3 Å². The number of hydrogen-bond acceptors (Lipinski definition) is 4. The number of aromatic amines is 1. The van der Waals surface area contributed by atoms with Crippen LogP contribution >= 0.6 is 0 Å². The highest BCUT2D eigenvalue weighted by Crippen LogP contribution is 2.23. The summed E-state index contributed by atoms with van der Waals surface area (Å²) in [6, 6.07) is 7.50. The second-order valence-electron chi connectivity index (χ2n) is 3.83. The molecule has 1 aromatic carbocycles. The topological polar surface area (TPSA) is 93.6 Å². The van der Waals surface area contributed by atoms with Crippen molar-refractivity contribution in [1.82, 2.24) is 15.0 Å². The third-order valence-electron chi connectivity index (χ3n) is 2.61. The average molecular weight is 225 g/mol. The maximum Gasteiger partial charge on any atom is 0.138 e. The van der Waals surface area contributed by atoms with E-state index in [0.717, 1.165) is 28.1 Å². The predicted molar refractivity (Wildman–Crippen MR) is 68.1 cm³/mol. The van der Waals surface area contributed by atoms with E-state index >= 15 is 0 Å². The molecule has 0 atom stereocenters. The molecule has 0 aliphatic rings. The van der Waals surface area contributed by atoms with Crippen molar-refractivity contribution in [3.8, 4) is 11.4 Å². The van der Waals surface area contributed by atoms with Crippen LogP contribution in [-0.2, 0) is 0 Å². The minimum absolute atomic E-state index is 0.570. The predicted octanol–water partition coefficient (Wildman–Crippen LogP) is 1.79. The Bertz CT molecular complexity index is 669. The summed E-state index contributed by atoms with van der Waals surface area (Å²) in [5.41, 5.74) is 15.3. The summed E-state index contributed by atoms with van der Waals surface area (Å²) in [7, 11) is 0. The van der Waals surface area contributed by atoms with Gasteiger partial charge in [-0.3, -0.25) is 4.98 Å². The van der Waals surface area contributed by atoms with E-state index in [1.165, 1.54) is 0 Å². The van der Waals surface area contributed by atoms with Gasteiger partial charge in [-0.2, -0.15) is 0 Å². The van der Waals surface area contributed by atoms with Gasteiger partial charge in [0.2, 0.25) is 0 Å². The summed E-state index contributed by atoms with van der Waals surface area (Å²) in [6.45, 7) is 0. The van der Waals surface area contributed by atoms with Gasteiger partial charge >= 0.3 is 0 Å². The summed E-state index contributed by atoms with van der Waals surface area (Å²) in [5.74, 6) is 0.764. The molecule has 0 amide bonds. The van der Waals surface area contributed by atoms with Crippen molar-refractivity contribution in [1.29, 1.82) is 0 Å². The van der Waals surface area contributed by atoms with Gasteiger partial charge in [0.15, 0.2) is 0 Å². The highest BCUT2D eigenvalue weighted by molar-refractivity contribution is 5.88. The molecule has 0 saturated carbocycles. The molecule has 5 heteroatoms. The maximum atomic E-state index is 5.81. The zero-order valence-electron chi connectivity index (χ0n) is 9.01. The molecule has 0 fully saturated rings. The number of hydrogen-bond donors (Lipinski definition) is 3. The molecule has 0 unspecified atom stereocenters. The second-order valence-corrected chi connectivity index (χ2v) is 3.83. The van der Waals surface area contributed by atoms with E-state index in [-0.39, 0.29) is 0 Å². The Morgan fingerprint density at radius 3 is 2.47 bits per heavy atom. The van der Waals surface area contributed by atoms with E-state index in [2.05, 4.69) is 15.0 Å². The lowest BCUT2D eigenvalue weighted by molar-refractivity contribution is 1.33. The molecular formula is C12H11N5. The molecule has 0 aliphatic carbocycles. The minimum Gasteiger partial charge on any atom is -0.399 e. The van der Waals surface area contributed by atoms with Crippen LogP contribution in [0.2, 0.25) is 0 Å². The fourth-order valence-corrected chi connectivity index (χ4v) is 1.73. The first kappa shape index (κ1) is 9.65. The zero-order valence-corrected chi connectivity index (χ0v) is 9.01. The number of benzene rings is 1. The lowest BCUT2D eigenvalue weighted by Crippen LogP contribution is -1.87. The van der Waals surface area contributed by atoms with Crippen LogP contribution < -0.4 is 11.5 Å². The Labute approximate surface area is 97.5 Å². The number of aromatic nitrogens is 3. The number of pyridine rings is 1. The summed E-state index contributed by atoms with van der Waals surface area (Å²) in [5, 5.41) is 0. The third kappa shape index (κ3) is 1.57. The zero-order chi connectivity index (χ0) is 11.8. The first-order valence-corrected chi connectivity index (χ1v) is 5.19. The van der Waals surface area contributed by atoms with Gasteiger partial charge in [-0.1, -0.05) is 0 Å². The lowest BCUT2D eigenvalue weighted by Gasteiger charge is -1.96. The molecule has 2 aromatic heterocycles. The van der Waals surface area contributed by atoms with Gasteiger partial charge in [-0.15, -0.1) is 0 Å². The number of rotatable bonds is 1. The van der Waals surface area contributed by atoms with Crippen molar-refractivity contribution in [2.24, 2.45) is 0 Å². The Morgan fingerprint density at radius 1 is 1.00 bits per heavy atom. The summed E-state index contributed by atoms with van der Waals surface area (Å²) < 4.78 is 0. The molecule has 0 saturated heterocycles. The smallest absolute Gasteiger partial charge is 0.138 e. The van der Waals surface area contributed by atoms with Gasteiger partial charge in [0.25, 0.3) is 0 Å². The third-order valence-corrected chi connectivity index (χ3v) is 2.61. The SMILES string of the molecule is Nc1ccc(-c2nc3c(N)cncc3[nH]2)cc1. The van der Waals surface area contributed by atoms with Crippen LogP contribution in [0.3, 0.4) is 0 Å². The van der Waals surface area contributed by atoms with Crippen LogP contribution in [-0.4, -0.2) is 15.0 Å². The molecule has 84 valence electrons. The van der Waals surface area contributed by atoms with Crippen LogP contribution in [0, 0.1) is 0 Å². The number of fused-ring (bicyclic) bond motifs is 1. The molecule has 2 heterocycles. The molecule has 3 rings (SSSR count). The molecule has 0 spiro atoms. The van der Waals surface area contributed by atoms with Crippen molar-refractivity contribution >= 4 is 22.4 Å². The first-order chi connectivity index (χ1) is 8.24. The highest BCUT2D eigenvalue weighted by Gasteiger charge is 2.07. The van der Waals surface area contributed by atoms with Crippen LogP contribution in [0.1, 0.15) is 0 Å². The fourth-order valence-electron chi connectivity index (χ4n) is 1.73. The number of nitrogens with one attached hydrogen (secondary N) is 1. The van der Waals surface area contributed by atoms with Crippen molar-refractivity contribution < 1.29 is 0 Å². The second kappa shape index (κ2) is 3.48. The number of nitrogens with zero attached hydrogens (tertiary/aromatic N) is 2. The van der Waals surface area contributed by atoms with Crippen molar-refractivity contribution in [2.75, 3.05) is 11.5 Å². The molecule has 5 nitrogen and oxygen atoms in total. The van der Waals surface area contributed by atoms with Crippen LogP contribution in [0.25, 0.3) is 22.4 Å². The lowest BCUT2D eigenvalue weighted by atomic mass is 10.2.